The van der Waals surface area contributed by atoms with Crippen LogP contribution in [-0.2, 0) is 20.7 Å². The van der Waals surface area contributed by atoms with Crippen LogP contribution in [0, 0.1) is 13.8 Å². The first-order valence-corrected chi connectivity index (χ1v) is 15.9. The molecule has 0 aliphatic carbocycles. The van der Waals surface area contributed by atoms with Gasteiger partial charge in [0.2, 0.25) is 5.91 Å². The summed E-state index contributed by atoms with van der Waals surface area (Å²) in [4.78, 5) is 39.1. The van der Waals surface area contributed by atoms with Crippen LogP contribution in [0.5, 0.6) is 0 Å². The molecule has 2 aromatic heterocycles. The summed E-state index contributed by atoms with van der Waals surface area (Å²) >= 11 is 0. The van der Waals surface area contributed by atoms with Gasteiger partial charge in [-0.05, 0) is 72.7 Å². The number of hydrogen-bond acceptors (Lipinski definition) is 7. The minimum atomic E-state index is -0.964. The number of carbonyl (C=O) groups excluding carboxylic acids is 2. The molecular weight excluding hydrogens is 592 g/mol. The van der Waals surface area contributed by atoms with Crippen molar-refractivity contribution in [2.24, 2.45) is 0 Å². The number of aromatic amines is 1. The number of aromatic nitrogens is 3. The highest BCUT2D eigenvalue weighted by molar-refractivity contribution is 5.98. The average molecular weight is 633 g/mol. The number of fused-ring (bicyclic) bond motifs is 1. The predicted molar refractivity (Wildman–Crippen MR) is 181 cm³/mol. The summed E-state index contributed by atoms with van der Waals surface area (Å²) in [5, 5.41) is 9.43. The van der Waals surface area contributed by atoms with E-state index in [1.807, 2.05) is 66.7 Å². The fraction of sp³-hybridized carbons (Fsp3) is 0.297. The molecule has 5 aromatic rings. The molecule has 10 heteroatoms. The lowest BCUT2D eigenvalue weighted by molar-refractivity contribution is -0.118. The van der Waals surface area contributed by atoms with E-state index in [1.54, 1.807) is 12.4 Å². The van der Waals surface area contributed by atoms with Crippen molar-refractivity contribution in [1.82, 2.24) is 25.6 Å². The van der Waals surface area contributed by atoms with Crippen LogP contribution in [-0.4, -0.2) is 59.4 Å². The van der Waals surface area contributed by atoms with Gasteiger partial charge in [-0.1, -0.05) is 60.7 Å². The van der Waals surface area contributed by atoms with Crippen LogP contribution in [0.2, 0.25) is 0 Å². The maximum absolute atomic E-state index is 14.0. The van der Waals surface area contributed by atoms with Gasteiger partial charge in [-0.3, -0.25) is 9.78 Å². The molecule has 6 rings (SSSR count). The first-order valence-electron chi connectivity index (χ1n) is 15.9. The second-order valence-electron chi connectivity index (χ2n) is 12.0. The second kappa shape index (κ2) is 14.6. The van der Waals surface area contributed by atoms with Crippen LogP contribution in [0.15, 0.2) is 91.3 Å². The molecule has 1 aliphatic rings. The molecule has 1 aliphatic heterocycles. The molecular formula is C37H40N6O4. The first-order chi connectivity index (χ1) is 22.9. The molecule has 0 spiro atoms. The van der Waals surface area contributed by atoms with Crippen molar-refractivity contribution in [1.29, 1.82) is 0 Å². The van der Waals surface area contributed by atoms with Crippen molar-refractivity contribution in [3.05, 3.63) is 125 Å². The molecule has 0 unspecified atom stereocenters. The maximum Gasteiger partial charge on any atom is 0.407 e. The van der Waals surface area contributed by atoms with Crippen LogP contribution in [0.4, 0.5) is 10.5 Å². The zero-order chi connectivity index (χ0) is 32.8. The third-order valence-electron chi connectivity index (χ3n) is 8.83. The first kappa shape index (κ1) is 31.9. The van der Waals surface area contributed by atoms with E-state index in [9.17, 15) is 9.59 Å². The molecule has 10 nitrogen and oxygen atoms in total. The SMILES string of the molecule is COC(=O)N[C@H](C(=O)Nc1cnccc1CC[C@@H]1CN[C@H](c2nc3cc(C)c(C)cc3[nH]2)CO1)C(c1ccccc1)c1ccccc1. The molecule has 3 atom stereocenters. The number of H-pyrrole nitrogens is 1. The maximum atomic E-state index is 14.0. The van der Waals surface area contributed by atoms with Gasteiger partial charge in [-0.25, -0.2) is 9.78 Å². The number of anilines is 1. The molecule has 47 heavy (non-hydrogen) atoms. The summed E-state index contributed by atoms with van der Waals surface area (Å²) in [6, 6.07) is 24.5. The molecule has 0 saturated carbocycles. The van der Waals surface area contributed by atoms with Gasteiger partial charge < -0.3 is 30.4 Å². The van der Waals surface area contributed by atoms with Gasteiger partial charge in [-0.15, -0.1) is 0 Å². The third-order valence-corrected chi connectivity index (χ3v) is 8.83. The van der Waals surface area contributed by atoms with E-state index in [2.05, 4.69) is 51.9 Å². The van der Waals surface area contributed by atoms with Crippen molar-refractivity contribution >= 4 is 28.7 Å². The Morgan fingerprint density at radius 1 is 1.00 bits per heavy atom. The normalized spacial score (nSPS) is 16.9. The molecule has 1 fully saturated rings. The van der Waals surface area contributed by atoms with Gasteiger partial charge in [-0.2, -0.15) is 0 Å². The average Bonchev–Trinajstić information content (AvgIpc) is 3.51. The number of carbonyl (C=O) groups is 2. The molecule has 1 saturated heterocycles. The number of nitrogens with one attached hydrogen (secondary N) is 4. The van der Waals surface area contributed by atoms with Crippen LogP contribution < -0.4 is 16.0 Å². The van der Waals surface area contributed by atoms with Gasteiger partial charge in [0.1, 0.15) is 11.9 Å². The number of benzene rings is 3. The lowest BCUT2D eigenvalue weighted by Crippen LogP contribution is -2.48. The number of aryl methyl sites for hydroxylation is 3. The Kier molecular flexibility index (Phi) is 9.89. The van der Waals surface area contributed by atoms with E-state index in [0.717, 1.165) is 40.0 Å². The summed E-state index contributed by atoms with van der Waals surface area (Å²) in [5.41, 5.74) is 7.72. The smallest absolute Gasteiger partial charge is 0.407 e. The third kappa shape index (κ3) is 7.51. The van der Waals surface area contributed by atoms with Gasteiger partial charge in [0.25, 0.3) is 0 Å². The van der Waals surface area contributed by atoms with Crippen molar-refractivity contribution in [2.75, 3.05) is 25.6 Å². The number of alkyl carbamates (subject to hydrolysis) is 1. The number of methoxy groups -OCH3 is 1. The van der Waals surface area contributed by atoms with Crippen LogP contribution in [0.25, 0.3) is 11.0 Å². The molecule has 0 radical (unpaired) electrons. The largest absolute Gasteiger partial charge is 0.453 e. The Labute approximate surface area is 274 Å². The molecule has 242 valence electrons. The molecule has 0 bridgehead atoms. The summed E-state index contributed by atoms with van der Waals surface area (Å²) < 4.78 is 11.2. The fourth-order valence-electron chi connectivity index (χ4n) is 6.10. The number of morpholine rings is 1. The summed E-state index contributed by atoms with van der Waals surface area (Å²) in [5.74, 6) is 0.0325. The number of imidazole rings is 1. The van der Waals surface area contributed by atoms with E-state index >= 15 is 0 Å². The Bertz CT molecular complexity index is 1740. The van der Waals surface area contributed by atoms with Crippen molar-refractivity contribution in [3.63, 3.8) is 0 Å². The van der Waals surface area contributed by atoms with Crippen LogP contribution >= 0.6 is 0 Å². The van der Waals surface area contributed by atoms with Gasteiger partial charge in [0, 0.05) is 18.7 Å². The van der Waals surface area contributed by atoms with Gasteiger partial charge in [0.05, 0.1) is 48.8 Å². The zero-order valence-corrected chi connectivity index (χ0v) is 26.8. The number of hydrogen-bond donors (Lipinski definition) is 4. The van der Waals surface area contributed by atoms with E-state index < -0.39 is 18.1 Å². The molecule has 3 heterocycles. The lowest BCUT2D eigenvalue weighted by Gasteiger charge is -2.30. The topological polar surface area (TPSA) is 130 Å². The van der Waals surface area contributed by atoms with Crippen LogP contribution in [0.3, 0.4) is 0 Å². The van der Waals surface area contributed by atoms with E-state index in [4.69, 9.17) is 14.5 Å². The fourth-order valence-corrected chi connectivity index (χ4v) is 6.10. The van der Waals surface area contributed by atoms with E-state index in [0.29, 0.717) is 25.3 Å². The Hall–Kier alpha value is -5.06. The summed E-state index contributed by atoms with van der Waals surface area (Å²) in [7, 11) is 1.28. The number of rotatable bonds is 10. The summed E-state index contributed by atoms with van der Waals surface area (Å²) in [6.07, 6.45) is 4.06. The Morgan fingerprint density at radius 3 is 2.36 bits per heavy atom. The van der Waals surface area contributed by atoms with Crippen LogP contribution in [0.1, 0.15) is 52.0 Å². The molecule has 3 aromatic carbocycles. The lowest BCUT2D eigenvalue weighted by atomic mass is 9.84. The second-order valence-corrected chi connectivity index (χ2v) is 12.0. The zero-order valence-electron chi connectivity index (χ0n) is 26.8. The van der Waals surface area contributed by atoms with Gasteiger partial charge in [0.15, 0.2) is 0 Å². The minimum Gasteiger partial charge on any atom is -0.453 e. The van der Waals surface area contributed by atoms with E-state index in [1.165, 1.54) is 18.2 Å². The number of nitrogens with zero attached hydrogens (tertiary/aromatic N) is 2. The Morgan fingerprint density at radius 2 is 1.70 bits per heavy atom. The number of pyridine rings is 1. The van der Waals surface area contributed by atoms with Crippen molar-refractivity contribution < 1.29 is 19.1 Å². The highest BCUT2D eigenvalue weighted by atomic mass is 16.5. The highest BCUT2D eigenvalue weighted by Gasteiger charge is 2.33. The van der Waals surface area contributed by atoms with Gasteiger partial charge >= 0.3 is 6.09 Å². The summed E-state index contributed by atoms with van der Waals surface area (Å²) in [6.45, 7) is 5.38. The molecule has 2 amide bonds. The van der Waals surface area contributed by atoms with Crippen molar-refractivity contribution in [2.45, 2.75) is 50.8 Å². The standard InChI is InChI=1S/C37H40N6O4/c1-23-18-29-30(19-24(23)2)41-35(40-29)32-22-47-28(20-39-32)15-14-25-16-17-38-21-31(25)42-36(44)34(43-37(45)46-3)33(26-10-6-4-7-11-26)27-12-8-5-9-13-27/h4-13,16-19,21,28,32-34,39H,14-15,20,22H2,1-3H3,(H,40,41)(H,42,44)(H,43,45)/t28-,32+,34+/m1/s1. The van der Waals surface area contributed by atoms with Crippen molar-refractivity contribution in [3.8, 4) is 0 Å². The monoisotopic (exact) mass is 632 g/mol. The number of amides is 2. The quantitative estimate of drug-likeness (QED) is 0.155. The van der Waals surface area contributed by atoms with E-state index in [-0.39, 0.29) is 18.1 Å². The number of ether oxygens (including phenoxy) is 2. The molecule has 4 N–H and O–H groups in total. The minimum absolute atomic E-state index is 0.00823. The Balaban J connectivity index is 1.13. The highest BCUT2D eigenvalue weighted by Crippen LogP contribution is 2.30. The predicted octanol–water partition coefficient (Wildman–Crippen LogP) is 5.73.